The summed E-state index contributed by atoms with van der Waals surface area (Å²) in [7, 11) is 1.55. The molecule has 6 heteroatoms. The Bertz CT molecular complexity index is 325. The Morgan fingerprint density at radius 3 is 2.58 bits per heavy atom. The van der Waals surface area contributed by atoms with Gasteiger partial charge in [0.1, 0.15) is 6.04 Å². The van der Waals surface area contributed by atoms with Gasteiger partial charge in [0.05, 0.1) is 0 Å². The molecule has 5 nitrogen and oxygen atoms in total. The lowest BCUT2D eigenvalue weighted by atomic mass is 9.95. The van der Waals surface area contributed by atoms with E-state index >= 15 is 0 Å². The Balaban J connectivity index is 2.59. The van der Waals surface area contributed by atoms with Gasteiger partial charge in [-0.2, -0.15) is 11.8 Å². The number of amides is 2. The van der Waals surface area contributed by atoms with E-state index in [1.807, 2.05) is 0 Å². The first-order chi connectivity index (χ1) is 9.01. The Morgan fingerprint density at radius 1 is 1.42 bits per heavy atom. The average molecular weight is 288 g/mol. The fourth-order valence-electron chi connectivity index (χ4n) is 2.56. The van der Waals surface area contributed by atoms with Gasteiger partial charge in [0.25, 0.3) is 0 Å². The fraction of sp³-hybridized carbons (Fsp3) is 0.846. The average Bonchev–Trinajstić information content (AvgIpc) is 2.39. The monoisotopic (exact) mass is 288 g/mol. The standard InChI is InChI=1S/C13H24N2O3S/c1-4-10(12(16)17)15(2)13(18)14-9-7-5-6-8-11(9)19-3/h9-11H,4-8H2,1-3H3,(H,14,18)(H,16,17). The van der Waals surface area contributed by atoms with E-state index in [-0.39, 0.29) is 12.1 Å². The summed E-state index contributed by atoms with van der Waals surface area (Å²) in [6.45, 7) is 1.77. The van der Waals surface area contributed by atoms with E-state index in [1.165, 1.54) is 11.3 Å². The number of carbonyl (C=O) groups is 2. The van der Waals surface area contributed by atoms with Gasteiger partial charge < -0.3 is 15.3 Å². The maximum Gasteiger partial charge on any atom is 0.326 e. The maximum atomic E-state index is 12.1. The molecular formula is C13H24N2O3S. The van der Waals surface area contributed by atoms with Gasteiger partial charge in [0, 0.05) is 18.3 Å². The number of likely N-dealkylation sites (N-methyl/N-ethyl adjacent to an activating group) is 1. The molecule has 0 spiro atoms. The van der Waals surface area contributed by atoms with Gasteiger partial charge in [-0.05, 0) is 25.5 Å². The molecule has 1 aliphatic carbocycles. The lowest BCUT2D eigenvalue weighted by molar-refractivity contribution is -0.141. The largest absolute Gasteiger partial charge is 0.480 e. The number of nitrogens with zero attached hydrogens (tertiary/aromatic N) is 1. The number of hydrogen-bond donors (Lipinski definition) is 2. The second kappa shape index (κ2) is 7.62. The molecule has 3 atom stereocenters. The lowest BCUT2D eigenvalue weighted by Crippen LogP contribution is -2.52. The molecule has 1 fully saturated rings. The highest BCUT2D eigenvalue weighted by molar-refractivity contribution is 7.99. The summed E-state index contributed by atoms with van der Waals surface area (Å²) in [5, 5.41) is 12.5. The summed E-state index contributed by atoms with van der Waals surface area (Å²) in [6, 6.07) is -0.874. The highest BCUT2D eigenvalue weighted by Crippen LogP contribution is 2.27. The van der Waals surface area contributed by atoms with Crippen molar-refractivity contribution >= 4 is 23.8 Å². The van der Waals surface area contributed by atoms with Crippen LogP contribution in [0.4, 0.5) is 4.79 Å². The zero-order valence-corrected chi connectivity index (χ0v) is 12.7. The number of hydrogen-bond acceptors (Lipinski definition) is 3. The first-order valence-electron chi connectivity index (χ1n) is 6.80. The molecule has 2 amide bonds. The molecule has 1 rings (SSSR count). The predicted octanol–water partition coefficient (Wildman–Crippen LogP) is 2.17. The van der Waals surface area contributed by atoms with Crippen LogP contribution in [0.15, 0.2) is 0 Å². The van der Waals surface area contributed by atoms with Crippen LogP contribution in [-0.2, 0) is 4.79 Å². The minimum absolute atomic E-state index is 0.157. The van der Waals surface area contributed by atoms with Crippen molar-refractivity contribution in [2.24, 2.45) is 0 Å². The molecule has 19 heavy (non-hydrogen) atoms. The van der Waals surface area contributed by atoms with Crippen LogP contribution in [0, 0.1) is 0 Å². The van der Waals surface area contributed by atoms with Gasteiger partial charge in [0.15, 0.2) is 0 Å². The Hall–Kier alpha value is -0.910. The zero-order valence-electron chi connectivity index (χ0n) is 11.9. The summed E-state index contributed by atoms with van der Waals surface area (Å²) >= 11 is 1.78. The van der Waals surface area contributed by atoms with Gasteiger partial charge in [-0.15, -0.1) is 0 Å². The van der Waals surface area contributed by atoms with E-state index < -0.39 is 12.0 Å². The van der Waals surface area contributed by atoms with Gasteiger partial charge in [0.2, 0.25) is 0 Å². The quantitative estimate of drug-likeness (QED) is 0.813. The highest BCUT2D eigenvalue weighted by Gasteiger charge is 2.30. The molecule has 0 saturated heterocycles. The number of thioether (sulfide) groups is 1. The van der Waals surface area contributed by atoms with Gasteiger partial charge in [-0.3, -0.25) is 0 Å². The highest BCUT2D eigenvalue weighted by atomic mass is 32.2. The summed E-state index contributed by atoms with van der Waals surface area (Å²) in [5.74, 6) is -0.954. The molecule has 110 valence electrons. The van der Waals surface area contributed by atoms with Crippen LogP contribution in [-0.4, -0.2) is 52.6 Å². The van der Waals surface area contributed by atoms with Crippen LogP contribution < -0.4 is 5.32 Å². The Morgan fingerprint density at radius 2 is 2.05 bits per heavy atom. The number of aliphatic carboxylic acids is 1. The number of nitrogens with one attached hydrogen (secondary N) is 1. The normalized spacial score (nSPS) is 24.6. The lowest BCUT2D eigenvalue weighted by Gasteiger charge is -2.33. The van der Waals surface area contributed by atoms with Crippen molar-refractivity contribution in [3.63, 3.8) is 0 Å². The number of carbonyl (C=O) groups excluding carboxylic acids is 1. The molecule has 0 radical (unpaired) electrons. The summed E-state index contributed by atoms with van der Waals surface area (Å²) in [4.78, 5) is 24.5. The first-order valence-corrected chi connectivity index (χ1v) is 8.09. The molecule has 0 bridgehead atoms. The maximum absolute atomic E-state index is 12.1. The van der Waals surface area contributed by atoms with Crippen molar-refractivity contribution in [1.29, 1.82) is 0 Å². The molecule has 2 N–H and O–H groups in total. The zero-order chi connectivity index (χ0) is 14.4. The molecule has 0 aromatic heterocycles. The fourth-order valence-corrected chi connectivity index (χ4v) is 3.50. The summed E-state index contributed by atoms with van der Waals surface area (Å²) in [6.07, 6.45) is 6.91. The van der Waals surface area contributed by atoms with Gasteiger partial charge in [-0.1, -0.05) is 19.8 Å². The SMILES string of the molecule is CCC(C(=O)O)N(C)C(=O)NC1CCCCC1SC. The molecule has 3 unspecified atom stereocenters. The van der Waals surface area contributed by atoms with Crippen molar-refractivity contribution in [2.45, 2.75) is 56.4 Å². The molecule has 1 aliphatic rings. The number of rotatable bonds is 5. The van der Waals surface area contributed by atoms with E-state index in [0.29, 0.717) is 11.7 Å². The van der Waals surface area contributed by atoms with Crippen molar-refractivity contribution in [2.75, 3.05) is 13.3 Å². The van der Waals surface area contributed by atoms with E-state index in [4.69, 9.17) is 5.11 Å². The molecular weight excluding hydrogens is 264 g/mol. The topological polar surface area (TPSA) is 69.6 Å². The van der Waals surface area contributed by atoms with E-state index in [1.54, 1.807) is 25.7 Å². The molecule has 0 aromatic carbocycles. The molecule has 0 aliphatic heterocycles. The second-order valence-corrected chi connectivity index (χ2v) is 6.06. The Labute approximate surface area is 119 Å². The minimum Gasteiger partial charge on any atom is -0.480 e. The number of carboxylic acids is 1. The van der Waals surface area contributed by atoms with Crippen LogP contribution in [0.3, 0.4) is 0 Å². The van der Waals surface area contributed by atoms with Crippen LogP contribution in [0.25, 0.3) is 0 Å². The van der Waals surface area contributed by atoms with Crippen molar-refractivity contribution in [1.82, 2.24) is 10.2 Å². The third-order valence-corrected chi connectivity index (χ3v) is 4.94. The number of urea groups is 1. The molecule has 0 heterocycles. The van der Waals surface area contributed by atoms with E-state index in [2.05, 4.69) is 11.6 Å². The summed E-state index contributed by atoms with van der Waals surface area (Å²) < 4.78 is 0. The van der Waals surface area contributed by atoms with Crippen LogP contribution in [0.2, 0.25) is 0 Å². The third-order valence-electron chi connectivity index (χ3n) is 3.77. The Kier molecular flexibility index (Phi) is 6.48. The van der Waals surface area contributed by atoms with E-state index in [0.717, 1.165) is 19.3 Å². The molecule has 1 saturated carbocycles. The van der Waals surface area contributed by atoms with Crippen LogP contribution in [0.5, 0.6) is 0 Å². The molecule has 0 aromatic rings. The van der Waals surface area contributed by atoms with Gasteiger partial charge >= 0.3 is 12.0 Å². The first kappa shape index (κ1) is 16.1. The van der Waals surface area contributed by atoms with Crippen molar-refractivity contribution < 1.29 is 14.7 Å². The number of carboxylic acid groups (broad SMARTS) is 1. The summed E-state index contributed by atoms with van der Waals surface area (Å²) in [5.41, 5.74) is 0. The smallest absolute Gasteiger partial charge is 0.326 e. The predicted molar refractivity (Wildman–Crippen MR) is 77.6 cm³/mol. The van der Waals surface area contributed by atoms with Crippen LogP contribution in [0.1, 0.15) is 39.0 Å². The minimum atomic E-state index is -0.954. The van der Waals surface area contributed by atoms with Crippen molar-refractivity contribution in [3.8, 4) is 0 Å². The van der Waals surface area contributed by atoms with Gasteiger partial charge in [-0.25, -0.2) is 9.59 Å². The third kappa shape index (κ3) is 4.30. The van der Waals surface area contributed by atoms with Crippen molar-refractivity contribution in [3.05, 3.63) is 0 Å². The van der Waals surface area contributed by atoms with E-state index in [9.17, 15) is 9.59 Å². The van der Waals surface area contributed by atoms with Crippen LogP contribution >= 0.6 is 11.8 Å². The second-order valence-electron chi connectivity index (χ2n) is 4.99.